The van der Waals surface area contributed by atoms with Crippen molar-refractivity contribution in [2.75, 3.05) is 11.9 Å². The van der Waals surface area contributed by atoms with Gasteiger partial charge >= 0.3 is 0 Å². The van der Waals surface area contributed by atoms with Crippen LogP contribution in [0.1, 0.15) is 23.6 Å². The number of para-hydroxylation sites is 1. The molecule has 3 heteroatoms. The first-order valence-electron chi connectivity index (χ1n) is 6.35. The number of hydrogen-bond acceptors (Lipinski definition) is 3. The summed E-state index contributed by atoms with van der Waals surface area (Å²) < 4.78 is 0. The van der Waals surface area contributed by atoms with Gasteiger partial charge in [-0.25, -0.2) is 0 Å². The van der Waals surface area contributed by atoms with Crippen molar-refractivity contribution in [3.63, 3.8) is 0 Å². The minimum Gasteiger partial charge on any atom is -0.384 e. The van der Waals surface area contributed by atoms with Crippen LogP contribution in [0, 0.1) is 11.3 Å². The van der Waals surface area contributed by atoms with Gasteiger partial charge in [-0.2, -0.15) is 5.26 Å². The molecule has 1 unspecified atom stereocenters. The molecule has 1 atom stereocenters. The zero-order chi connectivity index (χ0) is 13.5. The summed E-state index contributed by atoms with van der Waals surface area (Å²) in [5.41, 5.74) is 8.79. The quantitative estimate of drug-likeness (QED) is 0.858. The predicted octanol–water partition coefficient (Wildman–Crippen LogP) is 3.06. The predicted molar refractivity (Wildman–Crippen MR) is 77.6 cm³/mol. The Morgan fingerprint density at radius 3 is 2.47 bits per heavy atom. The van der Waals surface area contributed by atoms with Crippen LogP contribution in [0.25, 0.3) is 0 Å². The van der Waals surface area contributed by atoms with Gasteiger partial charge in [-0.3, -0.25) is 0 Å². The number of anilines is 1. The van der Waals surface area contributed by atoms with Gasteiger partial charge in [0.05, 0.1) is 11.3 Å². The van der Waals surface area contributed by atoms with E-state index in [1.807, 2.05) is 48.5 Å². The molecule has 3 N–H and O–H groups in total. The third-order valence-electron chi connectivity index (χ3n) is 3.05. The Bertz CT molecular complexity index is 558. The minimum atomic E-state index is 0.0166. The van der Waals surface area contributed by atoms with E-state index in [9.17, 15) is 0 Å². The fourth-order valence-electron chi connectivity index (χ4n) is 1.96. The van der Waals surface area contributed by atoms with Gasteiger partial charge in [-0.05, 0) is 24.1 Å². The molecule has 2 rings (SSSR count). The van der Waals surface area contributed by atoms with E-state index in [0.717, 1.165) is 24.2 Å². The Morgan fingerprint density at radius 1 is 1.05 bits per heavy atom. The Hall–Kier alpha value is -2.31. The third-order valence-corrected chi connectivity index (χ3v) is 3.05. The Morgan fingerprint density at radius 2 is 1.74 bits per heavy atom. The van der Waals surface area contributed by atoms with E-state index in [2.05, 4.69) is 11.4 Å². The molecule has 0 fully saturated rings. The Kier molecular flexibility index (Phi) is 4.54. The van der Waals surface area contributed by atoms with Crippen molar-refractivity contribution < 1.29 is 0 Å². The van der Waals surface area contributed by atoms with Gasteiger partial charge < -0.3 is 11.1 Å². The van der Waals surface area contributed by atoms with Gasteiger partial charge in [0.15, 0.2) is 0 Å². The van der Waals surface area contributed by atoms with E-state index in [4.69, 9.17) is 11.0 Å². The van der Waals surface area contributed by atoms with E-state index in [-0.39, 0.29) is 6.04 Å². The lowest BCUT2D eigenvalue weighted by molar-refractivity contribution is 0.675. The molecule has 0 bridgehead atoms. The molecule has 0 aliphatic carbocycles. The molecule has 0 aromatic heterocycles. The summed E-state index contributed by atoms with van der Waals surface area (Å²) in [6, 6.07) is 19.7. The molecule has 0 amide bonds. The van der Waals surface area contributed by atoms with Crippen molar-refractivity contribution in [1.29, 1.82) is 5.26 Å². The van der Waals surface area contributed by atoms with Crippen LogP contribution in [0.3, 0.4) is 0 Å². The topological polar surface area (TPSA) is 61.8 Å². The fraction of sp³-hybridized carbons (Fsp3) is 0.188. The van der Waals surface area contributed by atoms with Crippen molar-refractivity contribution >= 4 is 5.69 Å². The summed E-state index contributed by atoms with van der Waals surface area (Å²) in [7, 11) is 0. The third kappa shape index (κ3) is 3.57. The Labute approximate surface area is 113 Å². The second kappa shape index (κ2) is 6.58. The Balaban J connectivity index is 1.89. The minimum absolute atomic E-state index is 0.0166. The molecule has 0 aliphatic heterocycles. The number of rotatable bonds is 5. The zero-order valence-electron chi connectivity index (χ0n) is 10.7. The van der Waals surface area contributed by atoms with Crippen molar-refractivity contribution in [3.05, 3.63) is 65.7 Å². The largest absolute Gasteiger partial charge is 0.384 e. The monoisotopic (exact) mass is 251 g/mol. The number of nitriles is 1. The summed E-state index contributed by atoms with van der Waals surface area (Å²) in [5, 5.41) is 12.3. The van der Waals surface area contributed by atoms with Crippen molar-refractivity contribution in [3.8, 4) is 6.07 Å². The van der Waals surface area contributed by atoms with Crippen LogP contribution in [0.4, 0.5) is 5.69 Å². The van der Waals surface area contributed by atoms with E-state index < -0.39 is 0 Å². The van der Waals surface area contributed by atoms with Gasteiger partial charge in [0.1, 0.15) is 6.07 Å². The van der Waals surface area contributed by atoms with E-state index in [0.29, 0.717) is 5.56 Å². The number of hydrogen-bond donors (Lipinski definition) is 2. The fourth-order valence-corrected chi connectivity index (χ4v) is 1.96. The summed E-state index contributed by atoms with van der Waals surface area (Å²) >= 11 is 0. The van der Waals surface area contributed by atoms with E-state index >= 15 is 0 Å². The second-order valence-electron chi connectivity index (χ2n) is 4.39. The van der Waals surface area contributed by atoms with Crippen LogP contribution in [0.2, 0.25) is 0 Å². The zero-order valence-corrected chi connectivity index (χ0v) is 10.7. The first-order chi connectivity index (χ1) is 9.31. The van der Waals surface area contributed by atoms with Gasteiger partial charge in [0, 0.05) is 12.6 Å². The maximum atomic E-state index is 8.99. The van der Waals surface area contributed by atoms with Crippen LogP contribution < -0.4 is 11.1 Å². The normalized spacial score (nSPS) is 11.6. The molecule has 96 valence electrons. The molecule has 0 saturated carbocycles. The molecule has 0 aliphatic rings. The molecule has 0 spiro atoms. The highest BCUT2D eigenvalue weighted by atomic mass is 14.9. The standard InChI is InChI=1S/C16H17N3/c17-12-14-8-4-5-9-16(14)19-11-10-15(18)13-6-2-1-3-7-13/h1-9,15,19H,10-11,18H2. The van der Waals surface area contributed by atoms with Gasteiger partial charge in [0.2, 0.25) is 0 Å². The maximum absolute atomic E-state index is 8.99. The number of nitrogens with one attached hydrogen (secondary N) is 1. The van der Waals surface area contributed by atoms with Crippen molar-refractivity contribution in [1.82, 2.24) is 0 Å². The van der Waals surface area contributed by atoms with Crippen LogP contribution >= 0.6 is 0 Å². The lowest BCUT2D eigenvalue weighted by Gasteiger charge is -2.13. The highest BCUT2D eigenvalue weighted by molar-refractivity contribution is 5.57. The van der Waals surface area contributed by atoms with Gasteiger partial charge in [0.25, 0.3) is 0 Å². The molecule has 2 aromatic rings. The summed E-state index contributed by atoms with van der Waals surface area (Å²) in [6.45, 7) is 0.745. The van der Waals surface area contributed by atoms with Crippen LogP contribution in [-0.4, -0.2) is 6.54 Å². The molecule has 0 heterocycles. The average molecular weight is 251 g/mol. The van der Waals surface area contributed by atoms with Crippen LogP contribution in [-0.2, 0) is 0 Å². The summed E-state index contributed by atoms with van der Waals surface area (Å²) in [5.74, 6) is 0. The summed E-state index contributed by atoms with van der Waals surface area (Å²) in [6.07, 6.45) is 0.823. The highest BCUT2D eigenvalue weighted by Crippen LogP contribution is 2.16. The number of nitrogens with two attached hydrogens (primary N) is 1. The lowest BCUT2D eigenvalue weighted by atomic mass is 10.0. The highest BCUT2D eigenvalue weighted by Gasteiger charge is 2.05. The van der Waals surface area contributed by atoms with E-state index in [1.54, 1.807) is 6.07 Å². The average Bonchev–Trinajstić information content (AvgIpc) is 2.48. The molecular weight excluding hydrogens is 234 g/mol. The van der Waals surface area contributed by atoms with Crippen LogP contribution in [0.15, 0.2) is 54.6 Å². The SMILES string of the molecule is N#Cc1ccccc1NCCC(N)c1ccccc1. The second-order valence-corrected chi connectivity index (χ2v) is 4.39. The van der Waals surface area contributed by atoms with E-state index in [1.165, 1.54) is 0 Å². The molecule has 0 saturated heterocycles. The van der Waals surface area contributed by atoms with Crippen molar-refractivity contribution in [2.24, 2.45) is 5.73 Å². The van der Waals surface area contributed by atoms with Crippen LogP contribution in [0.5, 0.6) is 0 Å². The molecule has 2 aromatic carbocycles. The first kappa shape index (κ1) is 13.1. The molecule has 3 nitrogen and oxygen atoms in total. The first-order valence-corrected chi connectivity index (χ1v) is 6.35. The van der Waals surface area contributed by atoms with Crippen molar-refractivity contribution in [2.45, 2.75) is 12.5 Å². The maximum Gasteiger partial charge on any atom is 0.101 e. The molecular formula is C16H17N3. The summed E-state index contributed by atoms with van der Waals surface area (Å²) in [4.78, 5) is 0. The smallest absolute Gasteiger partial charge is 0.101 e. The molecule has 0 radical (unpaired) electrons. The van der Waals surface area contributed by atoms with Gasteiger partial charge in [-0.15, -0.1) is 0 Å². The lowest BCUT2D eigenvalue weighted by Crippen LogP contribution is -2.15. The number of benzene rings is 2. The van der Waals surface area contributed by atoms with Gasteiger partial charge in [-0.1, -0.05) is 42.5 Å². The number of nitrogens with zero attached hydrogens (tertiary/aromatic N) is 1. The molecule has 19 heavy (non-hydrogen) atoms.